The van der Waals surface area contributed by atoms with Crippen molar-refractivity contribution < 1.29 is 38.5 Å². The molecule has 49 heavy (non-hydrogen) atoms. The molecule has 0 bridgehead atoms. The second-order valence-corrected chi connectivity index (χ2v) is 11.5. The second kappa shape index (κ2) is 18.6. The molecule has 0 fully saturated rings. The number of hydrogen-bond donors (Lipinski definition) is 3. The summed E-state index contributed by atoms with van der Waals surface area (Å²) in [6, 6.07) is 25.4. The second-order valence-electron chi connectivity index (χ2n) is 11.5. The fourth-order valence-electron chi connectivity index (χ4n) is 4.96. The Balaban J connectivity index is 1.24. The summed E-state index contributed by atoms with van der Waals surface area (Å²) in [6.45, 7) is 2.81. The molecule has 256 valence electrons. The molecule has 0 heterocycles. The van der Waals surface area contributed by atoms with Crippen molar-refractivity contribution in [3.8, 4) is 17.2 Å². The van der Waals surface area contributed by atoms with E-state index in [1.807, 2.05) is 12.1 Å². The quantitative estimate of drug-likeness (QED) is 0.0594. The number of hydrogen-bond acceptors (Lipinski definition) is 7. The molecule has 4 rings (SSSR count). The van der Waals surface area contributed by atoms with E-state index < -0.39 is 23.9 Å². The molecule has 1 unspecified atom stereocenters. The van der Waals surface area contributed by atoms with Crippen LogP contribution in [-0.4, -0.2) is 48.6 Å². The first-order chi connectivity index (χ1) is 23.7. The topological polar surface area (TPSA) is 140 Å². The number of carbonyl (C=O) groups excluding carboxylic acids is 3. The van der Waals surface area contributed by atoms with E-state index in [0.29, 0.717) is 40.7 Å². The Morgan fingerprint density at radius 1 is 0.694 bits per heavy atom. The maximum Gasteiger partial charge on any atom is 0.343 e. The Morgan fingerprint density at radius 2 is 1.29 bits per heavy atom. The third-order valence-corrected chi connectivity index (χ3v) is 7.74. The largest absolute Gasteiger partial charge is 0.497 e. The Hall–Kier alpha value is -5.64. The molecule has 3 N–H and O–H groups in total. The van der Waals surface area contributed by atoms with Crippen molar-refractivity contribution in [1.29, 1.82) is 0 Å². The van der Waals surface area contributed by atoms with Gasteiger partial charge in [0.15, 0.2) is 0 Å². The van der Waals surface area contributed by atoms with Crippen LogP contribution in [0.1, 0.15) is 70.9 Å². The van der Waals surface area contributed by atoms with E-state index in [1.165, 1.54) is 31.4 Å². The number of carbonyl (C=O) groups is 4. The molecule has 0 saturated carbocycles. The van der Waals surface area contributed by atoms with Crippen LogP contribution < -0.4 is 24.8 Å². The molecule has 10 heteroatoms. The monoisotopic (exact) mass is 666 g/mol. The first-order valence-corrected chi connectivity index (χ1v) is 16.3. The molecule has 4 aromatic carbocycles. The van der Waals surface area contributed by atoms with Crippen molar-refractivity contribution in [2.24, 2.45) is 0 Å². The van der Waals surface area contributed by atoms with Gasteiger partial charge in [-0.25, -0.2) is 9.59 Å². The zero-order chi connectivity index (χ0) is 35.0. The van der Waals surface area contributed by atoms with Gasteiger partial charge in [-0.3, -0.25) is 9.59 Å². The van der Waals surface area contributed by atoms with Crippen molar-refractivity contribution in [1.82, 2.24) is 5.32 Å². The van der Waals surface area contributed by atoms with Gasteiger partial charge in [0.25, 0.3) is 5.91 Å². The normalized spacial score (nSPS) is 11.2. The van der Waals surface area contributed by atoms with Crippen molar-refractivity contribution in [2.45, 2.75) is 57.9 Å². The number of nitrogens with one attached hydrogen (secondary N) is 2. The number of aliphatic carboxylic acids is 1. The SMILES string of the molecule is CCCCCCCOc1ccc(C(=O)Oc2ccc(CC(NC(=O)c3ccc(NC(=O)Cc4ccc(OC)cc4)cc3)C(=O)O)cc2)cc1. The number of benzene rings is 4. The smallest absolute Gasteiger partial charge is 0.343 e. The van der Waals surface area contributed by atoms with Crippen molar-refractivity contribution in [2.75, 3.05) is 19.0 Å². The van der Waals surface area contributed by atoms with Gasteiger partial charge in [0, 0.05) is 17.7 Å². The third kappa shape index (κ3) is 11.8. The van der Waals surface area contributed by atoms with E-state index in [1.54, 1.807) is 79.9 Å². The minimum absolute atomic E-state index is 0.00880. The molecule has 1 atom stereocenters. The minimum atomic E-state index is -1.21. The maximum atomic E-state index is 12.9. The number of rotatable bonds is 18. The van der Waals surface area contributed by atoms with Crippen LogP contribution in [0.2, 0.25) is 0 Å². The van der Waals surface area contributed by atoms with Crippen LogP contribution >= 0.6 is 0 Å². The summed E-state index contributed by atoms with van der Waals surface area (Å²) < 4.78 is 16.4. The van der Waals surface area contributed by atoms with E-state index in [9.17, 15) is 24.3 Å². The zero-order valence-electron chi connectivity index (χ0n) is 27.8. The van der Waals surface area contributed by atoms with Crippen LogP contribution in [0.5, 0.6) is 17.2 Å². The fourth-order valence-corrected chi connectivity index (χ4v) is 4.96. The van der Waals surface area contributed by atoms with Gasteiger partial charge in [0.1, 0.15) is 23.3 Å². The summed E-state index contributed by atoms with van der Waals surface area (Å²) in [6.07, 6.45) is 5.93. The number of anilines is 1. The van der Waals surface area contributed by atoms with Gasteiger partial charge in [-0.1, -0.05) is 56.9 Å². The summed E-state index contributed by atoms with van der Waals surface area (Å²) in [7, 11) is 1.57. The first kappa shape index (κ1) is 36.2. The minimum Gasteiger partial charge on any atom is -0.497 e. The molecule has 0 aliphatic carbocycles. The molecular formula is C39H42N2O8. The van der Waals surface area contributed by atoms with E-state index in [2.05, 4.69) is 17.6 Å². The molecule has 10 nitrogen and oxygen atoms in total. The lowest BCUT2D eigenvalue weighted by Gasteiger charge is -2.15. The summed E-state index contributed by atoms with van der Waals surface area (Å²) in [5, 5.41) is 15.1. The molecule has 0 aliphatic heterocycles. The molecule has 0 radical (unpaired) electrons. The highest BCUT2D eigenvalue weighted by Gasteiger charge is 2.21. The van der Waals surface area contributed by atoms with Gasteiger partial charge >= 0.3 is 11.9 Å². The highest BCUT2D eigenvalue weighted by molar-refractivity contribution is 5.98. The predicted molar refractivity (Wildman–Crippen MR) is 186 cm³/mol. The predicted octanol–water partition coefficient (Wildman–Crippen LogP) is 6.87. The van der Waals surface area contributed by atoms with Gasteiger partial charge in [-0.2, -0.15) is 0 Å². The lowest BCUT2D eigenvalue weighted by molar-refractivity contribution is -0.139. The van der Waals surface area contributed by atoms with Gasteiger partial charge in [-0.05, 0) is 90.3 Å². The van der Waals surface area contributed by atoms with E-state index in [-0.39, 0.29) is 24.3 Å². The number of ether oxygens (including phenoxy) is 3. The average Bonchev–Trinajstić information content (AvgIpc) is 3.11. The van der Waals surface area contributed by atoms with E-state index in [0.717, 1.165) is 18.4 Å². The van der Waals surface area contributed by atoms with E-state index >= 15 is 0 Å². The van der Waals surface area contributed by atoms with Crippen LogP contribution in [0.25, 0.3) is 0 Å². The van der Waals surface area contributed by atoms with Gasteiger partial charge < -0.3 is 30.0 Å². The van der Waals surface area contributed by atoms with Crippen molar-refractivity contribution >= 4 is 29.4 Å². The van der Waals surface area contributed by atoms with Crippen LogP contribution in [0.15, 0.2) is 97.1 Å². The molecular weight excluding hydrogens is 624 g/mol. The standard InChI is InChI=1S/C39H42N2O8/c1-3-4-5-6-7-24-48-33-22-14-30(15-23-33)39(46)49-34-20-10-27(11-21-34)25-35(38(44)45)41-37(43)29-12-16-31(17-13-29)40-36(42)26-28-8-18-32(47-2)19-9-28/h8-23,35H,3-7,24-26H2,1-2H3,(H,40,42)(H,41,43)(H,44,45). The highest BCUT2D eigenvalue weighted by Crippen LogP contribution is 2.19. The Bertz CT molecular complexity index is 1670. The number of methoxy groups -OCH3 is 1. The number of esters is 1. The molecule has 2 amide bonds. The third-order valence-electron chi connectivity index (χ3n) is 7.74. The Morgan fingerprint density at radius 3 is 1.92 bits per heavy atom. The summed E-state index contributed by atoms with van der Waals surface area (Å²) in [5.41, 5.74) is 2.56. The molecule has 0 spiro atoms. The van der Waals surface area contributed by atoms with Crippen LogP contribution in [0, 0.1) is 0 Å². The van der Waals surface area contributed by atoms with Crippen molar-refractivity contribution in [3.63, 3.8) is 0 Å². The van der Waals surface area contributed by atoms with Crippen molar-refractivity contribution in [3.05, 3.63) is 119 Å². The lowest BCUT2D eigenvalue weighted by atomic mass is 10.0. The number of amides is 2. The Labute approximate surface area is 286 Å². The van der Waals surface area contributed by atoms with Crippen LogP contribution in [0.4, 0.5) is 5.69 Å². The Kier molecular flexibility index (Phi) is 13.8. The highest BCUT2D eigenvalue weighted by atomic mass is 16.5. The number of carboxylic acid groups (broad SMARTS) is 1. The molecule has 4 aromatic rings. The summed E-state index contributed by atoms with van der Waals surface area (Å²) in [4.78, 5) is 50.0. The summed E-state index contributed by atoms with van der Waals surface area (Å²) >= 11 is 0. The maximum absolute atomic E-state index is 12.9. The fraction of sp³-hybridized carbons (Fsp3) is 0.282. The van der Waals surface area contributed by atoms with Gasteiger partial charge in [0.2, 0.25) is 5.91 Å². The molecule has 0 saturated heterocycles. The van der Waals surface area contributed by atoms with E-state index in [4.69, 9.17) is 14.2 Å². The lowest BCUT2D eigenvalue weighted by Crippen LogP contribution is -2.42. The molecule has 0 aliphatic rings. The number of carboxylic acids is 1. The zero-order valence-corrected chi connectivity index (χ0v) is 27.8. The summed E-state index contributed by atoms with van der Waals surface area (Å²) in [5.74, 6) is -0.833. The van der Waals surface area contributed by atoms with Gasteiger partial charge in [0.05, 0.1) is 25.7 Å². The van der Waals surface area contributed by atoms with Gasteiger partial charge in [-0.15, -0.1) is 0 Å². The van der Waals surface area contributed by atoms with Crippen LogP contribution in [-0.2, 0) is 22.4 Å². The number of unbranched alkanes of at least 4 members (excludes halogenated alkanes) is 4. The van der Waals surface area contributed by atoms with Crippen LogP contribution in [0.3, 0.4) is 0 Å². The first-order valence-electron chi connectivity index (χ1n) is 16.3. The molecule has 0 aromatic heterocycles. The average molecular weight is 667 g/mol.